The number of aromatic nitrogens is 2. The molecule has 0 amide bonds. The molecule has 1 rings (SSSR count). The summed E-state index contributed by atoms with van der Waals surface area (Å²) in [5.41, 5.74) is 6.15. The molecule has 5 nitrogen and oxygen atoms in total. The summed E-state index contributed by atoms with van der Waals surface area (Å²) < 4.78 is 0. The average Bonchev–Trinajstić information content (AvgIpc) is 2.16. The molecule has 0 saturated heterocycles. The second-order valence-corrected chi connectivity index (χ2v) is 3.50. The van der Waals surface area contributed by atoms with E-state index in [9.17, 15) is 0 Å². The minimum absolute atomic E-state index is 0.0350. The van der Waals surface area contributed by atoms with Gasteiger partial charge in [0.25, 0.3) is 0 Å². The Kier molecular flexibility index (Phi) is 3.64. The molecule has 0 spiro atoms. The summed E-state index contributed by atoms with van der Waals surface area (Å²) in [6.07, 6.45) is 2.96. The van der Waals surface area contributed by atoms with Crippen LogP contribution in [0.4, 0.5) is 11.5 Å². The van der Waals surface area contributed by atoms with Crippen molar-refractivity contribution in [2.24, 2.45) is 5.92 Å². The standard InChI is InChI=1S/C9H16N4O/c1-6(2)8(4-14)13-9-7(10)3-11-5-12-9/h3,5-6,8,14H,4,10H2,1-2H3,(H,11,12,13). The zero-order valence-electron chi connectivity index (χ0n) is 8.44. The molecule has 0 aliphatic heterocycles. The Morgan fingerprint density at radius 3 is 2.79 bits per heavy atom. The van der Waals surface area contributed by atoms with Crippen LogP contribution in [0.15, 0.2) is 12.5 Å². The van der Waals surface area contributed by atoms with E-state index in [-0.39, 0.29) is 12.6 Å². The summed E-state index contributed by atoms with van der Waals surface area (Å²) in [5, 5.41) is 12.2. The molecule has 0 aliphatic carbocycles. The molecule has 0 fully saturated rings. The Bertz CT molecular complexity index is 290. The molecule has 0 saturated carbocycles. The van der Waals surface area contributed by atoms with Gasteiger partial charge < -0.3 is 16.2 Å². The van der Waals surface area contributed by atoms with Crippen LogP contribution in [0.1, 0.15) is 13.8 Å². The lowest BCUT2D eigenvalue weighted by molar-refractivity contribution is 0.249. The molecule has 1 aromatic rings. The lowest BCUT2D eigenvalue weighted by Crippen LogP contribution is -2.30. The molecular weight excluding hydrogens is 180 g/mol. The van der Waals surface area contributed by atoms with E-state index in [1.54, 1.807) is 0 Å². The van der Waals surface area contributed by atoms with Crippen molar-refractivity contribution in [2.45, 2.75) is 19.9 Å². The van der Waals surface area contributed by atoms with Gasteiger partial charge in [-0.05, 0) is 5.92 Å². The average molecular weight is 196 g/mol. The van der Waals surface area contributed by atoms with Crippen LogP contribution in [0, 0.1) is 5.92 Å². The van der Waals surface area contributed by atoms with Crippen LogP contribution >= 0.6 is 0 Å². The smallest absolute Gasteiger partial charge is 0.152 e. The Balaban J connectivity index is 2.72. The fraction of sp³-hybridized carbons (Fsp3) is 0.556. The molecule has 0 bridgehead atoms. The van der Waals surface area contributed by atoms with E-state index in [4.69, 9.17) is 10.8 Å². The second kappa shape index (κ2) is 4.76. The van der Waals surface area contributed by atoms with Crippen molar-refractivity contribution in [3.8, 4) is 0 Å². The number of nitrogen functional groups attached to an aromatic ring is 1. The first-order valence-electron chi connectivity index (χ1n) is 4.58. The SMILES string of the molecule is CC(C)C(CO)Nc1ncncc1N. The molecule has 0 aromatic carbocycles. The van der Waals surface area contributed by atoms with Gasteiger partial charge in [0, 0.05) is 0 Å². The van der Waals surface area contributed by atoms with Crippen LogP contribution in [0.25, 0.3) is 0 Å². The molecule has 0 radical (unpaired) electrons. The van der Waals surface area contributed by atoms with E-state index in [0.29, 0.717) is 17.4 Å². The minimum Gasteiger partial charge on any atom is -0.394 e. The van der Waals surface area contributed by atoms with Crippen LogP contribution in [0.3, 0.4) is 0 Å². The molecule has 5 heteroatoms. The summed E-state index contributed by atoms with van der Waals surface area (Å²) in [6.45, 7) is 4.09. The van der Waals surface area contributed by atoms with Gasteiger partial charge in [-0.25, -0.2) is 9.97 Å². The number of aliphatic hydroxyl groups excluding tert-OH is 1. The van der Waals surface area contributed by atoms with Gasteiger partial charge in [0.1, 0.15) is 6.33 Å². The molecule has 78 valence electrons. The van der Waals surface area contributed by atoms with Crippen LogP contribution in [-0.2, 0) is 0 Å². The summed E-state index contributed by atoms with van der Waals surface area (Å²) in [7, 11) is 0. The fourth-order valence-corrected chi connectivity index (χ4v) is 1.06. The highest BCUT2D eigenvalue weighted by Gasteiger charge is 2.13. The van der Waals surface area contributed by atoms with Crippen molar-refractivity contribution in [2.75, 3.05) is 17.7 Å². The fourth-order valence-electron chi connectivity index (χ4n) is 1.06. The van der Waals surface area contributed by atoms with E-state index in [1.165, 1.54) is 12.5 Å². The van der Waals surface area contributed by atoms with Gasteiger partial charge in [-0.2, -0.15) is 0 Å². The third-order valence-corrected chi connectivity index (χ3v) is 2.06. The lowest BCUT2D eigenvalue weighted by Gasteiger charge is -2.20. The number of hydrogen-bond donors (Lipinski definition) is 3. The maximum Gasteiger partial charge on any atom is 0.152 e. The van der Waals surface area contributed by atoms with Crippen molar-refractivity contribution in [1.82, 2.24) is 9.97 Å². The number of aliphatic hydroxyl groups is 1. The van der Waals surface area contributed by atoms with Gasteiger partial charge in [-0.3, -0.25) is 0 Å². The molecule has 1 atom stereocenters. The van der Waals surface area contributed by atoms with Gasteiger partial charge >= 0.3 is 0 Å². The van der Waals surface area contributed by atoms with Crippen molar-refractivity contribution in [3.63, 3.8) is 0 Å². The molecule has 1 aromatic heterocycles. The van der Waals surface area contributed by atoms with Crippen molar-refractivity contribution in [1.29, 1.82) is 0 Å². The normalized spacial score (nSPS) is 12.9. The number of rotatable bonds is 4. The van der Waals surface area contributed by atoms with Crippen LogP contribution in [0.5, 0.6) is 0 Å². The molecule has 0 aliphatic rings. The zero-order valence-corrected chi connectivity index (χ0v) is 8.44. The van der Waals surface area contributed by atoms with E-state index >= 15 is 0 Å². The van der Waals surface area contributed by atoms with Crippen LogP contribution in [0.2, 0.25) is 0 Å². The number of anilines is 2. The van der Waals surface area contributed by atoms with Gasteiger partial charge in [-0.1, -0.05) is 13.8 Å². The number of nitrogens with two attached hydrogens (primary N) is 1. The van der Waals surface area contributed by atoms with E-state index in [1.807, 2.05) is 13.8 Å². The molecule has 1 unspecified atom stereocenters. The summed E-state index contributed by atoms with van der Waals surface area (Å²) in [6, 6.07) is -0.0350. The Labute approximate surface area is 83.4 Å². The third kappa shape index (κ3) is 2.56. The molecular formula is C9H16N4O. The molecule has 14 heavy (non-hydrogen) atoms. The first-order valence-corrected chi connectivity index (χ1v) is 4.58. The van der Waals surface area contributed by atoms with Crippen molar-refractivity contribution < 1.29 is 5.11 Å². The van der Waals surface area contributed by atoms with E-state index < -0.39 is 0 Å². The van der Waals surface area contributed by atoms with Crippen molar-refractivity contribution in [3.05, 3.63) is 12.5 Å². The van der Waals surface area contributed by atoms with Gasteiger partial charge in [0.2, 0.25) is 0 Å². The third-order valence-electron chi connectivity index (χ3n) is 2.06. The maximum atomic E-state index is 9.10. The monoisotopic (exact) mass is 196 g/mol. The molecule has 1 heterocycles. The van der Waals surface area contributed by atoms with Gasteiger partial charge in [-0.15, -0.1) is 0 Å². The Hall–Kier alpha value is -1.36. The number of nitrogens with zero attached hydrogens (tertiary/aromatic N) is 2. The first kappa shape index (κ1) is 10.7. The molecule has 4 N–H and O–H groups in total. The maximum absolute atomic E-state index is 9.10. The van der Waals surface area contributed by atoms with E-state index in [0.717, 1.165) is 0 Å². The highest BCUT2D eigenvalue weighted by molar-refractivity contribution is 5.59. The minimum atomic E-state index is -0.0350. The Morgan fingerprint density at radius 1 is 1.57 bits per heavy atom. The predicted octanol–water partition coefficient (Wildman–Crippen LogP) is 0.488. The predicted molar refractivity (Wildman–Crippen MR) is 55.8 cm³/mol. The van der Waals surface area contributed by atoms with Gasteiger partial charge in [0.15, 0.2) is 5.82 Å². The van der Waals surface area contributed by atoms with Crippen LogP contribution < -0.4 is 11.1 Å². The second-order valence-electron chi connectivity index (χ2n) is 3.50. The summed E-state index contributed by atoms with van der Waals surface area (Å²) >= 11 is 0. The van der Waals surface area contributed by atoms with Crippen molar-refractivity contribution >= 4 is 11.5 Å². The quantitative estimate of drug-likeness (QED) is 0.652. The topological polar surface area (TPSA) is 84.1 Å². The number of hydrogen-bond acceptors (Lipinski definition) is 5. The largest absolute Gasteiger partial charge is 0.394 e. The van der Waals surface area contributed by atoms with E-state index in [2.05, 4.69) is 15.3 Å². The highest BCUT2D eigenvalue weighted by Crippen LogP contribution is 2.15. The van der Waals surface area contributed by atoms with Crippen LogP contribution in [-0.4, -0.2) is 27.7 Å². The lowest BCUT2D eigenvalue weighted by atomic mass is 10.1. The first-order chi connectivity index (χ1) is 6.65. The van der Waals surface area contributed by atoms with Gasteiger partial charge in [0.05, 0.1) is 24.5 Å². The zero-order chi connectivity index (χ0) is 10.6. The number of nitrogens with one attached hydrogen (secondary N) is 1. The summed E-state index contributed by atoms with van der Waals surface area (Å²) in [4.78, 5) is 7.77. The Morgan fingerprint density at radius 2 is 2.29 bits per heavy atom. The highest BCUT2D eigenvalue weighted by atomic mass is 16.3. The summed E-state index contributed by atoms with van der Waals surface area (Å²) in [5.74, 6) is 0.891.